The van der Waals surface area contributed by atoms with Gasteiger partial charge in [-0.3, -0.25) is 9.59 Å². The molecule has 7 heteroatoms. The Kier molecular flexibility index (Phi) is 6.08. The Hall–Kier alpha value is -1.08. The third-order valence-corrected chi connectivity index (χ3v) is 5.50. The predicted octanol–water partition coefficient (Wildman–Crippen LogP) is 2.31. The number of hydrogen-bond acceptors (Lipinski definition) is 5. The van der Waals surface area contributed by atoms with Crippen molar-refractivity contribution in [2.24, 2.45) is 5.92 Å². The maximum atomic E-state index is 12.3. The van der Waals surface area contributed by atoms with Crippen LogP contribution in [0, 0.1) is 5.92 Å². The highest BCUT2D eigenvalue weighted by atomic mass is 32.2. The van der Waals surface area contributed by atoms with Crippen molar-refractivity contribution in [2.75, 3.05) is 19.3 Å². The molecule has 1 aromatic rings. The molecule has 1 aliphatic rings. The molecule has 1 atom stereocenters. The zero-order valence-electron chi connectivity index (χ0n) is 14.2. The normalized spacial score (nSPS) is 18.5. The summed E-state index contributed by atoms with van der Waals surface area (Å²) in [5.41, 5.74) is 0.804. The summed E-state index contributed by atoms with van der Waals surface area (Å²) in [6, 6.07) is 0. The molecular formula is C16H25N3O2S2. The second-order valence-electron chi connectivity index (χ2n) is 6.78. The Morgan fingerprint density at radius 2 is 2.26 bits per heavy atom. The summed E-state index contributed by atoms with van der Waals surface area (Å²) in [4.78, 5) is 30.6. The van der Waals surface area contributed by atoms with Gasteiger partial charge in [0.2, 0.25) is 11.8 Å². The van der Waals surface area contributed by atoms with Crippen molar-refractivity contribution in [1.29, 1.82) is 0 Å². The summed E-state index contributed by atoms with van der Waals surface area (Å²) in [6.45, 7) is 7.09. The van der Waals surface area contributed by atoms with Gasteiger partial charge >= 0.3 is 0 Å². The fourth-order valence-corrected chi connectivity index (χ4v) is 4.19. The zero-order chi connectivity index (χ0) is 17.0. The van der Waals surface area contributed by atoms with Gasteiger partial charge in [0.15, 0.2) is 0 Å². The van der Waals surface area contributed by atoms with Gasteiger partial charge in [-0.05, 0) is 27.0 Å². The highest BCUT2D eigenvalue weighted by Gasteiger charge is 2.39. The van der Waals surface area contributed by atoms with E-state index in [1.807, 2.05) is 20.8 Å². The lowest BCUT2D eigenvalue weighted by molar-refractivity contribution is -0.132. The predicted molar refractivity (Wildman–Crippen MR) is 95.6 cm³/mol. The van der Waals surface area contributed by atoms with Crippen LogP contribution in [0.4, 0.5) is 0 Å². The van der Waals surface area contributed by atoms with Gasteiger partial charge in [0.25, 0.3) is 0 Å². The lowest BCUT2D eigenvalue weighted by atomic mass is 10.1. The number of thioether (sulfide) groups is 1. The van der Waals surface area contributed by atoms with Gasteiger partial charge in [-0.1, -0.05) is 0 Å². The van der Waals surface area contributed by atoms with Gasteiger partial charge in [-0.15, -0.1) is 11.3 Å². The Balaban J connectivity index is 1.78. The van der Waals surface area contributed by atoms with Gasteiger partial charge < -0.3 is 10.2 Å². The van der Waals surface area contributed by atoms with E-state index >= 15 is 0 Å². The van der Waals surface area contributed by atoms with Crippen LogP contribution in [0.5, 0.6) is 0 Å². The van der Waals surface area contributed by atoms with E-state index in [1.54, 1.807) is 28.0 Å². The van der Waals surface area contributed by atoms with Crippen molar-refractivity contribution in [3.63, 3.8) is 0 Å². The van der Waals surface area contributed by atoms with E-state index in [4.69, 9.17) is 0 Å². The van der Waals surface area contributed by atoms with E-state index in [9.17, 15) is 9.59 Å². The van der Waals surface area contributed by atoms with Crippen LogP contribution < -0.4 is 5.32 Å². The van der Waals surface area contributed by atoms with E-state index in [2.05, 4.69) is 21.9 Å². The number of nitrogens with one attached hydrogen (secondary N) is 1. The molecule has 2 heterocycles. The molecule has 0 bridgehead atoms. The monoisotopic (exact) mass is 355 g/mol. The van der Waals surface area contributed by atoms with Crippen molar-refractivity contribution in [3.05, 3.63) is 16.1 Å². The molecule has 2 amide bonds. The molecule has 0 radical (unpaired) electrons. The van der Waals surface area contributed by atoms with Crippen LogP contribution in [0.2, 0.25) is 0 Å². The van der Waals surface area contributed by atoms with Gasteiger partial charge in [0.05, 0.1) is 11.6 Å². The number of rotatable bonds is 6. The van der Waals surface area contributed by atoms with Gasteiger partial charge in [-0.2, -0.15) is 11.8 Å². The molecule has 1 fully saturated rings. The van der Waals surface area contributed by atoms with Crippen LogP contribution in [0.25, 0.3) is 0 Å². The minimum Gasteiger partial charge on any atom is -0.355 e. The van der Waals surface area contributed by atoms with Crippen LogP contribution in [0.1, 0.15) is 37.9 Å². The first-order valence-electron chi connectivity index (χ1n) is 7.81. The number of hydrogen-bond donors (Lipinski definition) is 1. The Morgan fingerprint density at radius 3 is 2.87 bits per heavy atom. The van der Waals surface area contributed by atoms with Gasteiger partial charge in [0, 0.05) is 42.6 Å². The summed E-state index contributed by atoms with van der Waals surface area (Å²) in [6.07, 6.45) is 3.11. The number of thiazole rings is 1. The van der Waals surface area contributed by atoms with E-state index in [-0.39, 0.29) is 23.3 Å². The van der Waals surface area contributed by atoms with Crippen molar-refractivity contribution >= 4 is 34.9 Å². The van der Waals surface area contributed by atoms with E-state index in [0.717, 1.165) is 22.9 Å². The first-order valence-corrected chi connectivity index (χ1v) is 10.1. The third kappa shape index (κ3) is 4.94. The SMILES string of the molecule is CSCc1nc(CCNC(=O)[C@H]2CC(=O)N(C(C)(C)C)C2)cs1. The van der Waals surface area contributed by atoms with Gasteiger partial charge in [0.1, 0.15) is 5.01 Å². The van der Waals surface area contributed by atoms with Crippen molar-refractivity contribution in [3.8, 4) is 0 Å². The summed E-state index contributed by atoms with van der Waals surface area (Å²) in [7, 11) is 0. The number of likely N-dealkylation sites (tertiary alicyclic amines) is 1. The largest absolute Gasteiger partial charge is 0.355 e. The molecule has 0 aliphatic carbocycles. The molecule has 1 aliphatic heterocycles. The lowest BCUT2D eigenvalue weighted by Gasteiger charge is -2.31. The molecule has 0 unspecified atom stereocenters. The van der Waals surface area contributed by atoms with Crippen LogP contribution in [0.3, 0.4) is 0 Å². The molecule has 5 nitrogen and oxygen atoms in total. The average molecular weight is 356 g/mol. The van der Waals surface area contributed by atoms with Crippen LogP contribution in [-0.2, 0) is 21.8 Å². The Labute approximate surface area is 146 Å². The first-order chi connectivity index (χ1) is 10.8. The minimum atomic E-state index is -0.232. The van der Waals surface area contributed by atoms with E-state index in [1.165, 1.54) is 0 Å². The second-order valence-corrected chi connectivity index (χ2v) is 8.59. The van der Waals surface area contributed by atoms with E-state index < -0.39 is 0 Å². The highest BCUT2D eigenvalue weighted by Crippen LogP contribution is 2.25. The Morgan fingerprint density at radius 1 is 1.52 bits per heavy atom. The maximum Gasteiger partial charge on any atom is 0.225 e. The fraction of sp³-hybridized carbons (Fsp3) is 0.688. The topological polar surface area (TPSA) is 62.3 Å². The highest BCUT2D eigenvalue weighted by molar-refractivity contribution is 7.97. The second kappa shape index (κ2) is 7.66. The Bertz CT molecular complexity index is 566. The standard InChI is InChI=1S/C16H25N3O2S2/c1-16(2,3)19-8-11(7-14(19)20)15(21)17-6-5-12-9-23-13(18-12)10-22-4/h9,11H,5-8,10H2,1-4H3,(H,17,21)/t11-/m0/s1. The number of carbonyl (C=O) groups excluding carboxylic acids is 2. The molecule has 1 saturated heterocycles. The van der Waals surface area contributed by atoms with Crippen LogP contribution in [-0.4, -0.2) is 46.6 Å². The zero-order valence-corrected chi connectivity index (χ0v) is 15.9. The van der Waals surface area contributed by atoms with Crippen molar-refractivity contribution in [1.82, 2.24) is 15.2 Å². The first kappa shape index (κ1) is 18.3. The molecule has 0 saturated carbocycles. The smallest absolute Gasteiger partial charge is 0.225 e. The molecule has 23 heavy (non-hydrogen) atoms. The number of amides is 2. The third-order valence-electron chi connectivity index (χ3n) is 3.85. The molecular weight excluding hydrogens is 330 g/mol. The number of nitrogens with zero attached hydrogens (tertiary/aromatic N) is 2. The summed E-state index contributed by atoms with van der Waals surface area (Å²) < 4.78 is 0. The number of aromatic nitrogens is 1. The van der Waals surface area contributed by atoms with E-state index in [0.29, 0.717) is 19.5 Å². The molecule has 2 rings (SSSR count). The van der Waals surface area contributed by atoms with Crippen molar-refractivity contribution < 1.29 is 9.59 Å². The maximum absolute atomic E-state index is 12.3. The quantitative estimate of drug-likeness (QED) is 0.851. The molecule has 0 spiro atoms. The van der Waals surface area contributed by atoms with Crippen molar-refractivity contribution in [2.45, 2.75) is 44.9 Å². The minimum absolute atomic E-state index is 0.0235. The van der Waals surface area contributed by atoms with Crippen LogP contribution >= 0.6 is 23.1 Å². The van der Waals surface area contributed by atoms with Crippen LogP contribution in [0.15, 0.2) is 5.38 Å². The van der Waals surface area contributed by atoms with Gasteiger partial charge in [-0.25, -0.2) is 4.98 Å². The molecule has 1 aromatic heterocycles. The number of carbonyl (C=O) groups is 2. The summed E-state index contributed by atoms with van der Waals surface area (Å²) in [5, 5.41) is 6.13. The lowest BCUT2D eigenvalue weighted by Crippen LogP contribution is -2.43. The summed E-state index contributed by atoms with van der Waals surface area (Å²) in [5.74, 6) is 0.747. The molecule has 1 N–H and O–H groups in total. The molecule has 0 aromatic carbocycles. The fourth-order valence-electron chi connectivity index (χ4n) is 2.64. The summed E-state index contributed by atoms with van der Waals surface area (Å²) >= 11 is 3.42. The molecule has 128 valence electrons. The average Bonchev–Trinajstić information content (AvgIpc) is 3.05.